The van der Waals surface area contributed by atoms with Crippen molar-refractivity contribution in [3.8, 4) is 0 Å². The number of hydrogen-bond acceptors (Lipinski definition) is 3. The van der Waals surface area contributed by atoms with Gasteiger partial charge in [0.25, 0.3) is 10.2 Å². The maximum absolute atomic E-state index is 12.2. The van der Waals surface area contributed by atoms with Gasteiger partial charge in [0.1, 0.15) is 6.54 Å². The first kappa shape index (κ1) is 17.1. The number of hydrogen-bond donors (Lipinski definition) is 1. The van der Waals surface area contributed by atoms with Gasteiger partial charge in [0.2, 0.25) is 0 Å². The molecule has 1 N–H and O–H groups in total. The predicted molar refractivity (Wildman–Crippen MR) is 57.1 cm³/mol. The van der Waals surface area contributed by atoms with Gasteiger partial charge in [-0.1, -0.05) is 6.92 Å². The predicted octanol–water partition coefficient (Wildman–Crippen LogP) is 0.522. The molecule has 0 aromatic carbocycles. The molecule has 108 valence electrons. The minimum Gasteiger partial charge on any atom is -0.481 e. The lowest BCUT2D eigenvalue weighted by molar-refractivity contribution is -0.138. The van der Waals surface area contributed by atoms with Crippen molar-refractivity contribution in [3.05, 3.63) is 0 Å². The van der Waals surface area contributed by atoms with Crippen molar-refractivity contribution in [2.75, 3.05) is 26.7 Å². The molecule has 0 saturated carbocycles. The molecule has 10 heteroatoms. The summed E-state index contributed by atoms with van der Waals surface area (Å²) in [5.41, 5.74) is 0. The third-order valence-electron chi connectivity index (χ3n) is 2.07. The number of carboxylic acid groups (broad SMARTS) is 1. The first-order valence-corrected chi connectivity index (χ1v) is 6.40. The van der Waals surface area contributed by atoms with Gasteiger partial charge in [-0.15, -0.1) is 0 Å². The Labute approximate surface area is 103 Å². The minimum absolute atomic E-state index is 0.245. The molecule has 6 nitrogen and oxygen atoms in total. The van der Waals surface area contributed by atoms with Gasteiger partial charge in [0, 0.05) is 20.1 Å². The lowest BCUT2D eigenvalue weighted by Crippen LogP contribution is -2.46. The fraction of sp³-hybridized carbons (Fsp3) is 0.875. The minimum atomic E-state index is -4.64. The summed E-state index contributed by atoms with van der Waals surface area (Å²) in [6.45, 7) is -1.05. The largest absolute Gasteiger partial charge is 0.481 e. The number of aliphatic carboxylic acids is 1. The summed E-state index contributed by atoms with van der Waals surface area (Å²) in [5, 5.41) is 8.40. The molecular weight excluding hydrogens is 277 g/mol. The monoisotopic (exact) mass is 292 g/mol. The smallest absolute Gasteiger partial charge is 0.402 e. The van der Waals surface area contributed by atoms with Crippen molar-refractivity contribution in [1.29, 1.82) is 0 Å². The number of halogens is 3. The molecule has 0 aliphatic heterocycles. The van der Waals surface area contributed by atoms with Gasteiger partial charge in [-0.3, -0.25) is 4.79 Å². The third kappa shape index (κ3) is 5.65. The number of carbonyl (C=O) groups is 1. The van der Waals surface area contributed by atoms with E-state index >= 15 is 0 Å². The Kier molecular flexibility index (Phi) is 6.04. The zero-order valence-electron chi connectivity index (χ0n) is 9.94. The molecule has 0 spiro atoms. The van der Waals surface area contributed by atoms with E-state index in [1.807, 2.05) is 0 Å². The summed E-state index contributed by atoms with van der Waals surface area (Å²) in [7, 11) is -3.26. The van der Waals surface area contributed by atoms with E-state index in [1.165, 1.54) is 6.92 Å². The topological polar surface area (TPSA) is 77.9 Å². The van der Waals surface area contributed by atoms with E-state index in [4.69, 9.17) is 5.11 Å². The van der Waals surface area contributed by atoms with Crippen LogP contribution >= 0.6 is 0 Å². The lowest BCUT2D eigenvalue weighted by Gasteiger charge is -2.26. The second-order valence-electron chi connectivity index (χ2n) is 3.51. The zero-order valence-corrected chi connectivity index (χ0v) is 10.8. The Hall–Kier alpha value is -0.870. The Bertz CT molecular complexity index is 382. The van der Waals surface area contributed by atoms with Crippen LogP contribution in [0.3, 0.4) is 0 Å². The van der Waals surface area contributed by atoms with Crippen LogP contribution in [0.25, 0.3) is 0 Å². The molecule has 0 aromatic rings. The van der Waals surface area contributed by atoms with Crippen LogP contribution in [0.5, 0.6) is 0 Å². The van der Waals surface area contributed by atoms with Crippen LogP contribution in [0, 0.1) is 0 Å². The second-order valence-corrected chi connectivity index (χ2v) is 5.55. The number of rotatable bonds is 7. The van der Waals surface area contributed by atoms with Crippen molar-refractivity contribution in [1.82, 2.24) is 8.61 Å². The van der Waals surface area contributed by atoms with Gasteiger partial charge in [-0.2, -0.15) is 30.2 Å². The SMILES string of the molecule is CCN(CC(F)(F)F)S(=O)(=O)N(C)CCC(=O)O. The van der Waals surface area contributed by atoms with Crippen LogP contribution < -0.4 is 0 Å². The summed E-state index contributed by atoms with van der Waals surface area (Å²) < 4.78 is 60.8. The highest BCUT2D eigenvalue weighted by atomic mass is 32.2. The molecule has 0 fully saturated rings. The fourth-order valence-corrected chi connectivity index (χ4v) is 2.47. The van der Waals surface area contributed by atoms with Crippen molar-refractivity contribution >= 4 is 16.2 Å². The Balaban J connectivity index is 4.81. The Morgan fingerprint density at radius 1 is 1.33 bits per heavy atom. The van der Waals surface area contributed by atoms with E-state index in [-0.39, 0.29) is 17.4 Å². The molecule has 0 heterocycles. The quantitative estimate of drug-likeness (QED) is 0.742. The molecule has 0 rings (SSSR count). The van der Waals surface area contributed by atoms with Crippen LogP contribution in [0.4, 0.5) is 13.2 Å². The molecule has 0 amide bonds. The van der Waals surface area contributed by atoms with Crippen LogP contribution in [0.2, 0.25) is 0 Å². The Morgan fingerprint density at radius 3 is 2.17 bits per heavy atom. The normalized spacial score (nSPS) is 13.3. The number of alkyl halides is 3. The maximum atomic E-state index is 12.2. The lowest BCUT2D eigenvalue weighted by atomic mass is 10.4. The molecule has 0 aromatic heterocycles. The summed E-state index contributed by atoms with van der Waals surface area (Å²) in [4.78, 5) is 10.3. The molecule has 0 radical (unpaired) electrons. The maximum Gasteiger partial charge on any atom is 0.402 e. The van der Waals surface area contributed by atoms with Gasteiger partial charge in [-0.25, -0.2) is 0 Å². The summed E-state index contributed by atoms with van der Waals surface area (Å²) >= 11 is 0. The molecule has 0 aliphatic rings. The third-order valence-corrected chi connectivity index (χ3v) is 4.08. The first-order valence-electron chi connectivity index (χ1n) is 5.00. The van der Waals surface area contributed by atoms with Crippen LogP contribution in [0.1, 0.15) is 13.3 Å². The van der Waals surface area contributed by atoms with Gasteiger partial charge in [0.05, 0.1) is 6.42 Å². The van der Waals surface area contributed by atoms with E-state index in [2.05, 4.69) is 0 Å². The average Bonchev–Trinajstić information content (AvgIpc) is 2.20. The van der Waals surface area contributed by atoms with E-state index in [1.54, 1.807) is 0 Å². The average molecular weight is 292 g/mol. The fourth-order valence-electron chi connectivity index (χ4n) is 1.12. The van der Waals surface area contributed by atoms with Gasteiger partial charge < -0.3 is 5.11 Å². The zero-order chi connectivity index (χ0) is 14.6. The van der Waals surface area contributed by atoms with Crippen LogP contribution in [0.15, 0.2) is 0 Å². The van der Waals surface area contributed by atoms with E-state index in [0.29, 0.717) is 4.31 Å². The van der Waals surface area contributed by atoms with Gasteiger partial charge >= 0.3 is 12.1 Å². The molecule has 18 heavy (non-hydrogen) atoms. The summed E-state index contributed by atoms with van der Waals surface area (Å²) in [5.74, 6) is -1.23. The van der Waals surface area contributed by atoms with Crippen molar-refractivity contribution in [3.63, 3.8) is 0 Å². The molecular formula is C8H15F3N2O4S. The number of carboxylic acids is 1. The van der Waals surface area contributed by atoms with Crippen molar-refractivity contribution in [2.45, 2.75) is 19.5 Å². The van der Waals surface area contributed by atoms with E-state index < -0.39 is 35.3 Å². The molecule has 0 aliphatic carbocycles. The van der Waals surface area contributed by atoms with Crippen LogP contribution in [-0.4, -0.2) is 61.0 Å². The molecule has 0 saturated heterocycles. The highest BCUT2D eigenvalue weighted by Crippen LogP contribution is 2.19. The highest BCUT2D eigenvalue weighted by Gasteiger charge is 2.37. The Morgan fingerprint density at radius 2 is 1.83 bits per heavy atom. The van der Waals surface area contributed by atoms with E-state index in [0.717, 1.165) is 7.05 Å². The van der Waals surface area contributed by atoms with Crippen LogP contribution in [-0.2, 0) is 15.0 Å². The molecule has 0 atom stereocenters. The standard InChI is InChI=1S/C8H15F3N2O4S/c1-3-13(6-8(9,10)11)18(16,17)12(2)5-4-7(14)15/h3-6H2,1-2H3,(H,14,15). The molecule has 0 bridgehead atoms. The first-order chi connectivity index (χ1) is 8.00. The summed E-state index contributed by atoms with van der Waals surface area (Å²) in [6.07, 6.45) is -5.12. The van der Waals surface area contributed by atoms with Crippen molar-refractivity contribution in [2.24, 2.45) is 0 Å². The van der Waals surface area contributed by atoms with E-state index in [9.17, 15) is 26.4 Å². The highest BCUT2D eigenvalue weighted by molar-refractivity contribution is 7.86. The van der Waals surface area contributed by atoms with Gasteiger partial charge in [-0.05, 0) is 0 Å². The number of nitrogens with zero attached hydrogens (tertiary/aromatic N) is 2. The summed E-state index contributed by atoms with van der Waals surface area (Å²) in [6, 6.07) is 0. The van der Waals surface area contributed by atoms with Crippen molar-refractivity contribution < 1.29 is 31.5 Å². The van der Waals surface area contributed by atoms with Gasteiger partial charge in [0.15, 0.2) is 0 Å². The second kappa shape index (κ2) is 6.34. The molecule has 0 unspecified atom stereocenters.